The molecule has 1 amide bonds. The Morgan fingerprint density at radius 3 is 2.08 bits per heavy atom. The Labute approximate surface area is 142 Å². The summed E-state index contributed by atoms with van der Waals surface area (Å²) in [5.41, 5.74) is 1.24. The lowest BCUT2D eigenvalue weighted by atomic mass is 10.0. The molecule has 0 spiro atoms. The zero-order chi connectivity index (χ0) is 17.4. The quantitative estimate of drug-likeness (QED) is 0.755. The van der Waals surface area contributed by atoms with Gasteiger partial charge in [-0.2, -0.15) is 0 Å². The highest BCUT2D eigenvalue weighted by Crippen LogP contribution is 2.15. The molecule has 0 aromatic heterocycles. The van der Waals surface area contributed by atoms with Crippen LogP contribution in [0.15, 0.2) is 54.6 Å². The molecule has 0 aliphatic carbocycles. The Bertz CT molecular complexity index is 661. The molecule has 0 heterocycles. The van der Waals surface area contributed by atoms with Crippen molar-refractivity contribution in [2.75, 3.05) is 6.61 Å². The van der Waals surface area contributed by atoms with Crippen LogP contribution in [-0.2, 0) is 4.79 Å². The summed E-state index contributed by atoms with van der Waals surface area (Å²) in [5.74, 6) is 0.404. The van der Waals surface area contributed by atoms with Gasteiger partial charge in [-0.15, -0.1) is 0 Å². The van der Waals surface area contributed by atoms with Gasteiger partial charge in [-0.05, 0) is 37.1 Å². The summed E-state index contributed by atoms with van der Waals surface area (Å²) in [7, 11) is 0. The topological polar surface area (TPSA) is 55.4 Å². The van der Waals surface area contributed by atoms with Crippen molar-refractivity contribution >= 4 is 11.7 Å². The minimum absolute atomic E-state index is 0.0253. The van der Waals surface area contributed by atoms with Crippen molar-refractivity contribution in [3.63, 3.8) is 0 Å². The van der Waals surface area contributed by atoms with Gasteiger partial charge in [0.1, 0.15) is 5.75 Å². The maximum atomic E-state index is 12.3. The first-order valence-electron chi connectivity index (χ1n) is 8.26. The second kappa shape index (κ2) is 8.87. The van der Waals surface area contributed by atoms with Gasteiger partial charge in [0, 0.05) is 17.2 Å². The largest absolute Gasteiger partial charge is 0.484 e. The van der Waals surface area contributed by atoms with Crippen LogP contribution >= 0.6 is 0 Å². The Morgan fingerprint density at radius 1 is 0.917 bits per heavy atom. The predicted molar refractivity (Wildman–Crippen MR) is 94.3 cm³/mol. The smallest absolute Gasteiger partial charge is 0.258 e. The van der Waals surface area contributed by atoms with E-state index in [4.69, 9.17) is 4.74 Å². The van der Waals surface area contributed by atoms with Crippen LogP contribution in [0.4, 0.5) is 0 Å². The van der Waals surface area contributed by atoms with Crippen LogP contribution in [0.3, 0.4) is 0 Å². The van der Waals surface area contributed by atoms with E-state index in [0.29, 0.717) is 16.9 Å². The molecular formula is C20H23NO3. The van der Waals surface area contributed by atoms with Crippen LogP contribution in [-0.4, -0.2) is 24.3 Å². The minimum atomic E-state index is -0.131. The van der Waals surface area contributed by atoms with Gasteiger partial charge < -0.3 is 10.1 Å². The van der Waals surface area contributed by atoms with Crippen LogP contribution in [0.2, 0.25) is 0 Å². The number of carbonyl (C=O) groups excluding carboxylic acids is 2. The molecule has 0 atom stereocenters. The number of rotatable bonds is 8. The molecule has 0 unspecified atom stereocenters. The molecule has 2 aromatic carbocycles. The van der Waals surface area contributed by atoms with E-state index >= 15 is 0 Å². The molecule has 0 aliphatic rings. The summed E-state index contributed by atoms with van der Waals surface area (Å²) >= 11 is 0. The summed E-state index contributed by atoms with van der Waals surface area (Å²) in [5, 5.41) is 2.92. The second-order valence-corrected chi connectivity index (χ2v) is 5.59. The molecule has 0 radical (unpaired) electrons. The third-order valence-corrected chi connectivity index (χ3v) is 3.87. The second-order valence-electron chi connectivity index (χ2n) is 5.59. The Hall–Kier alpha value is -2.62. The van der Waals surface area contributed by atoms with Gasteiger partial charge in [-0.25, -0.2) is 0 Å². The molecule has 4 nitrogen and oxygen atoms in total. The average Bonchev–Trinajstić information content (AvgIpc) is 2.65. The molecule has 2 rings (SSSR count). The van der Waals surface area contributed by atoms with Gasteiger partial charge in [0.2, 0.25) is 0 Å². The first-order chi connectivity index (χ1) is 11.6. The number of amides is 1. The van der Waals surface area contributed by atoms with E-state index in [0.717, 1.165) is 12.8 Å². The normalized spacial score (nSPS) is 10.5. The molecule has 24 heavy (non-hydrogen) atoms. The van der Waals surface area contributed by atoms with E-state index in [1.807, 2.05) is 32.0 Å². The van der Waals surface area contributed by atoms with Gasteiger partial charge in [-0.3, -0.25) is 9.59 Å². The van der Waals surface area contributed by atoms with Crippen molar-refractivity contribution in [3.8, 4) is 5.75 Å². The summed E-state index contributed by atoms with van der Waals surface area (Å²) in [6.45, 7) is 4.05. The van der Waals surface area contributed by atoms with Crippen molar-refractivity contribution in [2.24, 2.45) is 0 Å². The molecule has 4 heteroatoms. The van der Waals surface area contributed by atoms with Gasteiger partial charge in [-0.1, -0.05) is 44.2 Å². The fourth-order valence-corrected chi connectivity index (χ4v) is 2.37. The number of nitrogens with one attached hydrogen (secondary N) is 1. The number of carbonyl (C=O) groups is 2. The molecule has 126 valence electrons. The lowest BCUT2D eigenvalue weighted by molar-refractivity contribution is -0.123. The van der Waals surface area contributed by atoms with Crippen LogP contribution in [0, 0.1) is 0 Å². The molecule has 0 aliphatic heterocycles. The Balaban J connectivity index is 1.90. The maximum Gasteiger partial charge on any atom is 0.258 e. The SMILES string of the molecule is CCC(CC)NC(=O)COc1ccc(C(=O)c2ccccc2)cc1. The van der Waals surface area contributed by atoms with Crippen molar-refractivity contribution in [3.05, 3.63) is 65.7 Å². The van der Waals surface area contributed by atoms with E-state index < -0.39 is 0 Å². The van der Waals surface area contributed by atoms with Crippen molar-refractivity contribution in [1.29, 1.82) is 0 Å². The third kappa shape index (κ3) is 4.95. The molecular weight excluding hydrogens is 302 g/mol. The first-order valence-corrected chi connectivity index (χ1v) is 8.26. The zero-order valence-corrected chi connectivity index (χ0v) is 14.1. The fraction of sp³-hybridized carbons (Fsp3) is 0.300. The van der Waals surface area contributed by atoms with E-state index in [1.54, 1.807) is 36.4 Å². The summed E-state index contributed by atoms with van der Waals surface area (Å²) < 4.78 is 5.47. The maximum absolute atomic E-state index is 12.3. The van der Waals surface area contributed by atoms with E-state index in [2.05, 4.69) is 5.32 Å². The lowest BCUT2D eigenvalue weighted by Gasteiger charge is -2.15. The predicted octanol–water partition coefficient (Wildman–Crippen LogP) is 3.60. The molecule has 0 fully saturated rings. The number of ether oxygens (including phenoxy) is 1. The molecule has 2 aromatic rings. The van der Waals surface area contributed by atoms with Crippen molar-refractivity contribution < 1.29 is 14.3 Å². The minimum Gasteiger partial charge on any atom is -0.484 e. The van der Waals surface area contributed by atoms with Crippen LogP contribution < -0.4 is 10.1 Å². The van der Waals surface area contributed by atoms with Crippen LogP contribution in [0.1, 0.15) is 42.6 Å². The zero-order valence-electron chi connectivity index (χ0n) is 14.1. The summed E-state index contributed by atoms with van der Waals surface area (Å²) in [4.78, 5) is 24.1. The van der Waals surface area contributed by atoms with Crippen LogP contribution in [0.5, 0.6) is 5.75 Å². The molecule has 1 N–H and O–H groups in total. The van der Waals surface area contributed by atoms with Gasteiger partial charge in [0.25, 0.3) is 5.91 Å². The number of hydrogen-bond acceptors (Lipinski definition) is 3. The van der Waals surface area contributed by atoms with Gasteiger partial charge in [0.15, 0.2) is 12.4 Å². The molecule has 0 saturated heterocycles. The number of hydrogen-bond donors (Lipinski definition) is 1. The van der Waals surface area contributed by atoms with E-state index in [9.17, 15) is 9.59 Å². The molecule has 0 saturated carbocycles. The van der Waals surface area contributed by atoms with Crippen molar-refractivity contribution in [1.82, 2.24) is 5.32 Å². The highest BCUT2D eigenvalue weighted by Gasteiger charge is 2.10. The fourth-order valence-electron chi connectivity index (χ4n) is 2.37. The number of ketones is 1. The highest BCUT2D eigenvalue weighted by molar-refractivity contribution is 6.08. The number of benzene rings is 2. The summed E-state index contributed by atoms with van der Waals surface area (Å²) in [6.07, 6.45) is 1.80. The Morgan fingerprint density at radius 2 is 1.50 bits per heavy atom. The average molecular weight is 325 g/mol. The summed E-state index contributed by atoms with van der Waals surface area (Å²) in [6, 6.07) is 16.2. The Kier molecular flexibility index (Phi) is 6.55. The van der Waals surface area contributed by atoms with Gasteiger partial charge >= 0.3 is 0 Å². The van der Waals surface area contributed by atoms with E-state index in [-0.39, 0.29) is 24.3 Å². The molecule has 0 bridgehead atoms. The first kappa shape index (κ1) is 17.7. The van der Waals surface area contributed by atoms with Gasteiger partial charge in [0.05, 0.1) is 0 Å². The van der Waals surface area contributed by atoms with E-state index in [1.165, 1.54) is 0 Å². The van der Waals surface area contributed by atoms with Crippen molar-refractivity contribution in [2.45, 2.75) is 32.7 Å². The highest BCUT2D eigenvalue weighted by atomic mass is 16.5. The lowest BCUT2D eigenvalue weighted by Crippen LogP contribution is -2.37. The monoisotopic (exact) mass is 325 g/mol. The standard InChI is InChI=1S/C20H23NO3/c1-3-17(4-2)21-19(22)14-24-18-12-10-16(11-13-18)20(23)15-8-6-5-7-9-15/h5-13,17H,3-4,14H2,1-2H3,(H,21,22). The van der Waals surface area contributed by atoms with Crippen LogP contribution in [0.25, 0.3) is 0 Å². The third-order valence-electron chi connectivity index (χ3n) is 3.87.